The number of fused-ring (bicyclic) bond motifs is 2. The molecule has 5 rings (SSSR count). The molecule has 0 bridgehead atoms. The average molecular weight is 416 g/mol. The zero-order valence-electron chi connectivity index (χ0n) is 17.7. The Bertz CT molecular complexity index is 773. The predicted molar refractivity (Wildman–Crippen MR) is 111 cm³/mol. The fourth-order valence-corrected chi connectivity index (χ4v) is 5.59. The summed E-state index contributed by atoms with van der Waals surface area (Å²) in [6.07, 6.45) is 12.6. The van der Waals surface area contributed by atoms with Crippen LogP contribution in [0.15, 0.2) is 12.4 Å². The van der Waals surface area contributed by atoms with Crippen LogP contribution in [-0.4, -0.2) is 69.6 Å². The number of hydrogen-bond acceptors (Lipinski definition) is 4. The van der Waals surface area contributed by atoms with Crippen molar-refractivity contribution in [3.63, 3.8) is 0 Å². The van der Waals surface area contributed by atoms with E-state index in [0.29, 0.717) is 38.5 Å². The maximum Gasteiger partial charge on any atom is 0.317 e. The number of imidazole rings is 1. The van der Waals surface area contributed by atoms with Crippen LogP contribution in [-0.2, 0) is 21.7 Å². The first-order valence-electron chi connectivity index (χ1n) is 11.7. The molecule has 164 valence electrons. The number of hydrogen-bond donors (Lipinski definition) is 1. The molecule has 4 heterocycles. The van der Waals surface area contributed by atoms with Crippen molar-refractivity contribution >= 4 is 11.9 Å². The molecule has 1 aliphatic carbocycles. The van der Waals surface area contributed by atoms with E-state index in [0.717, 1.165) is 44.6 Å². The van der Waals surface area contributed by atoms with Crippen LogP contribution in [0.4, 0.5) is 4.79 Å². The van der Waals surface area contributed by atoms with E-state index in [-0.39, 0.29) is 11.9 Å². The number of nitrogens with zero attached hydrogens (tertiary/aromatic N) is 4. The fraction of sp³-hybridized carbons (Fsp3) is 0.773. The number of ether oxygens (including phenoxy) is 1. The van der Waals surface area contributed by atoms with Crippen molar-refractivity contribution in [1.82, 2.24) is 24.7 Å². The molecule has 3 fully saturated rings. The van der Waals surface area contributed by atoms with Gasteiger partial charge in [0.15, 0.2) is 6.10 Å². The van der Waals surface area contributed by atoms with Crippen LogP contribution in [0.5, 0.6) is 0 Å². The second-order valence-electron chi connectivity index (χ2n) is 9.31. The lowest BCUT2D eigenvalue weighted by atomic mass is 9.88. The lowest BCUT2D eigenvalue weighted by Gasteiger charge is -2.46. The Morgan fingerprint density at radius 1 is 1.00 bits per heavy atom. The number of carbonyl (C=O) groups is 2. The third kappa shape index (κ3) is 3.70. The zero-order valence-corrected chi connectivity index (χ0v) is 17.7. The van der Waals surface area contributed by atoms with E-state index in [1.165, 1.54) is 19.3 Å². The summed E-state index contributed by atoms with van der Waals surface area (Å²) in [5, 5.41) is 3.19. The van der Waals surface area contributed by atoms with Gasteiger partial charge in [0, 0.05) is 57.5 Å². The summed E-state index contributed by atoms with van der Waals surface area (Å²) in [6.45, 7) is 3.43. The minimum atomic E-state index is -0.581. The zero-order chi connectivity index (χ0) is 20.6. The molecule has 0 unspecified atom stereocenters. The summed E-state index contributed by atoms with van der Waals surface area (Å²) in [5.41, 5.74) is -0.581. The number of carbonyl (C=O) groups excluding carboxylic acids is 2. The maximum absolute atomic E-state index is 13.2. The van der Waals surface area contributed by atoms with Gasteiger partial charge in [0.2, 0.25) is 0 Å². The van der Waals surface area contributed by atoms with Gasteiger partial charge in [-0.15, -0.1) is 0 Å². The second kappa shape index (κ2) is 8.21. The molecule has 8 heteroatoms. The summed E-state index contributed by atoms with van der Waals surface area (Å²) >= 11 is 0. The van der Waals surface area contributed by atoms with Gasteiger partial charge >= 0.3 is 6.03 Å². The van der Waals surface area contributed by atoms with Gasteiger partial charge in [0.1, 0.15) is 11.4 Å². The number of piperidine rings is 2. The van der Waals surface area contributed by atoms with Crippen LogP contribution in [0.3, 0.4) is 0 Å². The fourth-order valence-electron chi connectivity index (χ4n) is 5.59. The van der Waals surface area contributed by atoms with Crippen LogP contribution >= 0.6 is 0 Å². The normalized spacial score (nSPS) is 26.6. The van der Waals surface area contributed by atoms with E-state index < -0.39 is 11.7 Å². The van der Waals surface area contributed by atoms with Crippen LogP contribution in [0, 0.1) is 0 Å². The molecule has 4 aliphatic rings. The molecule has 1 spiro atoms. The van der Waals surface area contributed by atoms with Gasteiger partial charge in [-0.05, 0) is 32.1 Å². The van der Waals surface area contributed by atoms with Crippen molar-refractivity contribution in [1.29, 1.82) is 0 Å². The highest BCUT2D eigenvalue weighted by Gasteiger charge is 2.48. The Hall–Kier alpha value is -2.09. The summed E-state index contributed by atoms with van der Waals surface area (Å²) in [7, 11) is 0. The molecular formula is C22H33N5O3. The van der Waals surface area contributed by atoms with Crippen LogP contribution < -0.4 is 5.32 Å². The molecule has 30 heavy (non-hydrogen) atoms. The Labute approximate surface area is 177 Å². The Morgan fingerprint density at radius 3 is 2.47 bits per heavy atom. The first-order chi connectivity index (χ1) is 14.6. The quantitative estimate of drug-likeness (QED) is 0.803. The molecule has 1 saturated carbocycles. The molecule has 8 nitrogen and oxygen atoms in total. The summed E-state index contributed by atoms with van der Waals surface area (Å²) in [4.78, 5) is 34.3. The Morgan fingerprint density at radius 2 is 1.73 bits per heavy atom. The summed E-state index contributed by atoms with van der Waals surface area (Å²) in [5.74, 6) is 1.01. The molecule has 1 N–H and O–H groups in total. The van der Waals surface area contributed by atoms with E-state index >= 15 is 0 Å². The lowest BCUT2D eigenvalue weighted by Crippen LogP contribution is -2.56. The minimum Gasteiger partial charge on any atom is -0.352 e. The highest BCUT2D eigenvalue weighted by Crippen LogP contribution is 2.40. The standard InChI is InChI=1S/C22H33N5O3/c28-19(25-11-4-1-5-12-25)18-16-27-15-10-23-20(27)22(30-18)8-13-26(14-9-22)21(29)24-17-6-2-3-7-17/h10,15,17-18H,1-9,11-14,16H2,(H,24,29)/t18-/m0/s1. The largest absolute Gasteiger partial charge is 0.352 e. The van der Waals surface area contributed by atoms with E-state index in [9.17, 15) is 9.59 Å². The van der Waals surface area contributed by atoms with Crippen LogP contribution in [0.25, 0.3) is 0 Å². The number of nitrogens with one attached hydrogen (secondary N) is 1. The third-order valence-electron chi connectivity index (χ3n) is 7.34. The Kier molecular flexibility index (Phi) is 5.43. The molecule has 3 aliphatic heterocycles. The van der Waals surface area contributed by atoms with Crippen molar-refractivity contribution in [2.45, 2.75) is 82.1 Å². The smallest absolute Gasteiger partial charge is 0.317 e. The van der Waals surface area contributed by atoms with Crippen LogP contribution in [0.2, 0.25) is 0 Å². The van der Waals surface area contributed by atoms with Crippen molar-refractivity contribution in [2.75, 3.05) is 26.2 Å². The molecule has 1 aromatic rings. The third-order valence-corrected chi connectivity index (χ3v) is 7.34. The van der Waals surface area contributed by atoms with Gasteiger partial charge in [-0.1, -0.05) is 12.8 Å². The van der Waals surface area contributed by atoms with Gasteiger partial charge in [0.25, 0.3) is 5.91 Å². The average Bonchev–Trinajstić information content (AvgIpc) is 3.47. The van der Waals surface area contributed by atoms with Gasteiger partial charge < -0.3 is 24.4 Å². The van der Waals surface area contributed by atoms with Crippen LogP contribution in [0.1, 0.15) is 63.6 Å². The van der Waals surface area contributed by atoms with E-state index in [4.69, 9.17) is 4.74 Å². The predicted octanol–water partition coefficient (Wildman–Crippen LogP) is 2.24. The van der Waals surface area contributed by atoms with E-state index in [2.05, 4.69) is 14.9 Å². The van der Waals surface area contributed by atoms with Crippen molar-refractivity contribution < 1.29 is 14.3 Å². The topological polar surface area (TPSA) is 79.7 Å². The molecule has 1 atom stereocenters. The Balaban J connectivity index is 1.27. The SMILES string of the molecule is O=C(NC1CCCC1)N1CCC2(CC1)O[C@H](C(=O)N1CCCCC1)Cn1ccnc12. The van der Waals surface area contributed by atoms with Gasteiger partial charge in [-0.3, -0.25) is 4.79 Å². The molecule has 0 radical (unpaired) electrons. The molecule has 3 amide bonds. The number of likely N-dealkylation sites (tertiary alicyclic amines) is 2. The van der Waals surface area contributed by atoms with E-state index in [1.54, 1.807) is 6.20 Å². The van der Waals surface area contributed by atoms with Gasteiger partial charge in [-0.25, -0.2) is 9.78 Å². The maximum atomic E-state index is 13.2. The number of urea groups is 1. The number of rotatable bonds is 2. The van der Waals surface area contributed by atoms with Gasteiger partial charge in [-0.2, -0.15) is 0 Å². The molecule has 2 saturated heterocycles. The minimum absolute atomic E-state index is 0.0387. The molecule has 0 aromatic carbocycles. The number of aromatic nitrogens is 2. The van der Waals surface area contributed by atoms with Crippen molar-refractivity contribution in [3.8, 4) is 0 Å². The first kappa shape index (κ1) is 19.8. The summed E-state index contributed by atoms with van der Waals surface area (Å²) < 4.78 is 8.63. The monoisotopic (exact) mass is 415 g/mol. The second-order valence-corrected chi connectivity index (χ2v) is 9.31. The first-order valence-corrected chi connectivity index (χ1v) is 11.7. The molecule has 1 aromatic heterocycles. The van der Waals surface area contributed by atoms with E-state index in [1.807, 2.05) is 16.0 Å². The van der Waals surface area contributed by atoms with Gasteiger partial charge in [0.05, 0.1) is 6.54 Å². The molecular weight excluding hydrogens is 382 g/mol. The lowest BCUT2D eigenvalue weighted by molar-refractivity contribution is -0.180. The number of amides is 3. The van der Waals surface area contributed by atoms with Crippen molar-refractivity contribution in [3.05, 3.63) is 18.2 Å². The van der Waals surface area contributed by atoms with Crippen molar-refractivity contribution in [2.24, 2.45) is 0 Å². The summed E-state index contributed by atoms with van der Waals surface area (Å²) in [6, 6.07) is 0.363. The highest BCUT2D eigenvalue weighted by atomic mass is 16.5. The highest BCUT2D eigenvalue weighted by molar-refractivity contribution is 5.81.